The van der Waals surface area contributed by atoms with Gasteiger partial charge in [0.1, 0.15) is 0 Å². The number of hydrogen-bond acceptors (Lipinski definition) is 5. The highest BCUT2D eigenvalue weighted by molar-refractivity contribution is 5.94. The van der Waals surface area contributed by atoms with Gasteiger partial charge in [-0.25, -0.2) is 0 Å². The van der Waals surface area contributed by atoms with Crippen molar-refractivity contribution in [2.24, 2.45) is 4.99 Å². The number of carbonyl (C=O) groups excluding carboxylic acids is 1. The third kappa shape index (κ3) is 2.75. The summed E-state index contributed by atoms with van der Waals surface area (Å²) in [5.74, 6) is -0.414. The lowest BCUT2D eigenvalue weighted by molar-refractivity contribution is -0.765. The minimum absolute atomic E-state index is 0.158. The first-order valence-corrected chi connectivity index (χ1v) is 6.21. The van der Waals surface area contributed by atoms with Gasteiger partial charge in [-0.1, -0.05) is 4.79 Å². The average Bonchev–Trinajstić information content (AvgIpc) is 2.97. The first-order chi connectivity index (χ1) is 9.83. The summed E-state index contributed by atoms with van der Waals surface area (Å²) in [4.78, 5) is 21.1. The molecular formula is C12H13N5O3. The van der Waals surface area contributed by atoms with Crippen molar-refractivity contribution in [1.82, 2.24) is 10.3 Å². The van der Waals surface area contributed by atoms with Gasteiger partial charge >= 0.3 is 0 Å². The molecule has 0 spiro atoms. The second-order valence-corrected chi connectivity index (χ2v) is 4.19. The van der Waals surface area contributed by atoms with Gasteiger partial charge in [0.25, 0.3) is 17.7 Å². The van der Waals surface area contributed by atoms with E-state index in [1.54, 1.807) is 24.5 Å². The van der Waals surface area contributed by atoms with Gasteiger partial charge in [-0.2, -0.15) is 4.99 Å². The van der Waals surface area contributed by atoms with Crippen LogP contribution >= 0.6 is 0 Å². The van der Waals surface area contributed by atoms with Gasteiger partial charge in [-0.15, -0.1) is 0 Å². The molecule has 20 heavy (non-hydrogen) atoms. The van der Waals surface area contributed by atoms with Crippen LogP contribution in [-0.2, 0) is 4.74 Å². The van der Waals surface area contributed by atoms with E-state index in [1.165, 1.54) is 11.0 Å². The minimum Gasteiger partial charge on any atom is -0.381 e. The van der Waals surface area contributed by atoms with Crippen LogP contribution < -0.4 is 20.6 Å². The number of rotatable bonds is 2. The molecule has 104 valence electrons. The average molecular weight is 275 g/mol. The summed E-state index contributed by atoms with van der Waals surface area (Å²) >= 11 is 0. The van der Waals surface area contributed by atoms with Crippen LogP contribution in [-0.4, -0.2) is 37.2 Å². The van der Waals surface area contributed by atoms with Gasteiger partial charge in [0, 0.05) is 25.5 Å². The summed E-state index contributed by atoms with van der Waals surface area (Å²) < 4.78 is 10.3. The summed E-state index contributed by atoms with van der Waals surface area (Å²) in [6.45, 7) is 2.71. The van der Waals surface area contributed by atoms with Crippen molar-refractivity contribution in [2.75, 3.05) is 31.3 Å². The van der Waals surface area contributed by atoms with Gasteiger partial charge < -0.3 is 9.26 Å². The van der Waals surface area contributed by atoms with E-state index < -0.39 is 5.91 Å². The Morgan fingerprint density at radius 1 is 1.45 bits per heavy atom. The quantitative estimate of drug-likeness (QED) is 0.628. The van der Waals surface area contributed by atoms with Crippen LogP contribution in [0.5, 0.6) is 0 Å². The molecule has 2 aromatic heterocycles. The maximum Gasteiger partial charge on any atom is 0.296 e. The van der Waals surface area contributed by atoms with Gasteiger partial charge in [-0.3, -0.25) is 14.8 Å². The molecular weight excluding hydrogens is 262 g/mol. The summed E-state index contributed by atoms with van der Waals surface area (Å²) in [6, 6.07) is 3.32. The lowest BCUT2D eigenvalue weighted by Crippen LogP contribution is -2.63. The molecule has 0 N–H and O–H groups in total. The van der Waals surface area contributed by atoms with Gasteiger partial charge in [0.15, 0.2) is 0 Å². The molecule has 8 nitrogen and oxygen atoms in total. The first-order valence-electron chi connectivity index (χ1n) is 6.21. The zero-order valence-corrected chi connectivity index (χ0v) is 10.7. The molecule has 0 bridgehead atoms. The van der Waals surface area contributed by atoms with Crippen molar-refractivity contribution in [2.45, 2.75) is 0 Å². The smallest absolute Gasteiger partial charge is 0.296 e. The molecule has 0 radical (unpaired) electrons. The van der Waals surface area contributed by atoms with Crippen molar-refractivity contribution < 1.29 is 18.8 Å². The molecule has 2 aromatic rings. The van der Waals surface area contributed by atoms with E-state index in [-0.39, 0.29) is 5.55 Å². The fraction of sp³-hybridized carbons (Fsp3) is 0.333. The molecule has 1 amide bonds. The highest BCUT2D eigenvalue weighted by Gasteiger charge is 2.13. The molecule has 0 aromatic carbocycles. The van der Waals surface area contributed by atoms with Crippen LogP contribution in [0.4, 0.5) is 0 Å². The Kier molecular flexibility index (Phi) is 3.55. The maximum atomic E-state index is 11.9. The molecule has 0 aliphatic carbocycles. The van der Waals surface area contributed by atoms with E-state index in [9.17, 15) is 4.79 Å². The Morgan fingerprint density at radius 2 is 2.30 bits per heavy atom. The number of carbonyl (C=O) groups is 1. The third-order valence-electron chi connectivity index (χ3n) is 2.84. The van der Waals surface area contributed by atoms with Crippen LogP contribution in [0.1, 0.15) is 10.4 Å². The topological polar surface area (TPSA) is 85.9 Å². The Hall–Kier alpha value is -2.48. The molecule has 1 fully saturated rings. The SMILES string of the molecule is O=C(/N=c1\c[n+](N2CCOCC2)[n-]o1)c1cccnc1. The summed E-state index contributed by atoms with van der Waals surface area (Å²) in [5, 5.41) is 5.78. The second-order valence-electron chi connectivity index (χ2n) is 4.19. The van der Waals surface area contributed by atoms with Crippen molar-refractivity contribution in [3.63, 3.8) is 0 Å². The lowest BCUT2D eigenvalue weighted by atomic mass is 10.3. The largest absolute Gasteiger partial charge is 0.381 e. The molecule has 1 saturated heterocycles. The Morgan fingerprint density at radius 3 is 3.05 bits per heavy atom. The number of morpholine rings is 1. The molecule has 3 rings (SSSR count). The van der Waals surface area contributed by atoms with Gasteiger partial charge in [0.2, 0.25) is 0 Å². The molecule has 1 aliphatic heterocycles. The van der Waals surface area contributed by atoms with E-state index in [0.29, 0.717) is 31.9 Å². The van der Waals surface area contributed by atoms with Crippen molar-refractivity contribution >= 4 is 5.91 Å². The molecule has 1 aliphatic rings. The van der Waals surface area contributed by atoms with Crippen molar-refractivity contribution in [1.29, 1.82) is 0 Å². The fourth-order valence-electron chi connectivity index (χ4n) is 1.82. The van der Waals surface area contributed by atoms with Crippen LogP contribution in [0.3, 0.4) is 0 Å². The Bertz CT molecular complexity index is 642. The third-order valence-corrected chi connectivity index (χ3v) is 2.84. The molecule has 0 saturated carbocycles. The van der Waals surface area contributed by atoms with Crippen LogP contribution in [0.25, 0.3) is 0 Å². The van der Waals surface area contributed by atoms with Gasteiger partial charge in [0.05, 0.1) is 18.8 Å². The lowest BCUT2D eigenvalue weighted by Gasteiger charge is -2.26. The monoisotopic (exact) mass is 275 g/mol. The van der Waals surface area contributed by atoms with E-state index in [0.717, 1.165) is 0 Å². The zero-order valence-electron chi connectivity index (χ0n) is 10.7. The highest BCUT2D eigenvalue weighted by atomic mass is 16.5. The fourth-order valence-corrected chi connectivity index (χ4v) is 1.82. The first kappa shape index (κ1) is 12.5. The number of aromatic nitrogens is 3. The zero-order chi connectivity index (χ0) is 13.8. The summed E-state index contributed by atoms with van der Waals surface area (Å²) in [7, 11) is 0. The Labute approximate surface area is 114 Å². The van der Waals surface area contributed by atoms with Crippen molar-refractivity contribution in [3.05, 3.63) is 41.8 Å². The van der Waals surface area contributed by atoms with Gasteiger partial charge in [-0.05, 0) is 17.4 Å². The van der Waals surface area contributed by atoms with E-state index in [1.807, 2.05) is 5.01 Å². The number of hydrogen-bond donors (Lipinski definition) is 0. The number of ether oxygens (including phenoxy) is 1. The van der Waals surface area contributed by atoms with E-state index >= 15 is 0 Å². The molecule has 3 heterocycles. The summed E-state index contributed by atoms with van der Waals surface area (Å²) in [6.07, 6.45) is 4.62. The second kappa shape index (κ2) is 5.66. The van der Waals surface area contributed by atoms with Crippen LogP contribution in [0.2, 0.25) is 0 Å². The molecule has 0 atom stereocenters. The normalized spacial score (nSPS) is 16.4. The predicted octanol–water partition coefficient (Wildman–Crippen LogP) is -1.37. The number of amides is 1. The number of nitrogens with zero attached hydrogens (tertiary/aromatic N) is 5. The van der Waals surface area contributed by atoms with E-state index in [2.05, 4.69) is 15.2 Å². The van der Waals surface area contributed by atoms with Crippen LogP contribution in [0.15, 0.2) is 40.2 Å². The molecule has 0 unspecified atom stereocenters. The van der Waals surface area contributed by atoms with Crippen LogP contribution in [0, 0.1) is 0 Å². The summed E-state index contributed by atoms with van der Waals surface area (Å²) in [5.41, 5.74) is 0.562. The predicted molar refractivity (Wildman–Crippen MR) is 65.1 cm³/mol. The van der Waals surface area contributed by atoms with E-state index in [4.69, 9.17) is 9.26 Å². The van der Waals surface area contributed by atoms with Crippen molar-refractivity contribution in [3.8, 4) is 0 Å². The highest BCUT2D eigenvalue weighted by Crippen LogP contribution is 1.97. The Balaban J connectivity index is 1.79. The minimum atomic E-state index is -0.414. The molecule has 8 heteroatoms. The maximum absolute atomic E-state index is 11.9. The number of pyridine rings is 1. The standard InChI is InChI=1S/C12H13N5O3/c18-12(10-2-1-3-13-8-10)14-11-9-17(15-20-11)16-4-6-19-7-5-16/h1-3,8-9H,4-7H2/b14-11+.